The Morgan fingerprint density at radius 2 is 1.82 bits per heavy atom. The fourth-order valence-corrected chi connectivity index (χ4v) is 3.99. The molecule has 0 atom stereocenters. The van der Waals surface area contributed by atoms with Gasteiger partial charge in [-0.15, -0.1) is 0 Å². The molecule has 0 aliphatic heterocycles. The first-order chi connectivity index (χ1) is 13.5. The molecule has 28 heavy (non-hydrogen) atoms. The topological polar surface area (TPSA) is 55.8 Å². The molecular weight excluding hydrogens is 396 g/mol. The predicted molar refractivity (Wildman–Crippen MR) is 111 cm³/mol. The van der Waals surface area contributed by atoms with Crippen LogP contribution in [-0.4, -0.2) is 18.2 Å². The lowest BCUT2D eigenvalue weighted by Crippen LogP contribution is -2.01. The van der Waals surface area contributed by atoms with Crippen molar-refractivity contribution < 1.29 is 19.4 Å². The van der Waals surface area contributed by atoms with Crippen LogP contribution in [0.5, 0.6) is 11.5 Å². The number of rotatable bonds is 7. The third-order valence-electron chi connectivity index (χ3n) is 4.06. The minimum Gasteiger partial charge on any atom is -0.493 e. The fourth-order valence-electron chi connectivity index (χ4n) is 2.71. The van der Waals surface area contributed by atoms with Crippen molar-refractivity contribution in [1.29, 1.82) is 0 Å². The molecule has 0 bridgehead atoms. The summed E-state index contributed by atoms with van der Waals surface area (Å²) in [5.41, 5.74) is 2.04. The maximum atomic E-state index is 11.6. The van der Waals surface area contributed by atoms with E-state index in [0.29, 0.717) is 28.0 Å². The number of carboxylic acid groups (broad SMARTS) is 1. The van der Waals surface area contributed by atoms with Gasteiger partial charge in [0.1, 0.15) is 6.61 Å². The highest BCUT2D eigenvalue weighted by Crippen LogP contribution is 2.39. The van der Waals surface area contributed by atoms with E-state index in [9.17, 15) is 9.90 Å². The zero-order valence-electron chi connectivity index (χ0n) is 15.4. The number of hydrogen-bond acceptors (Lipinski definition) is 4. The Kier molecular flexibility index (Phi) is 6.49. The number of halogens is 1. The average Bonchev–Trinajstić information content (AvgIpc) is 2.69. The first-order valence-corrected chi connectivity index (χ1v) is 9.73. The molecule has 0 heterocycles. The lowest BCUT2D eigenvalue weighted by Gasteiger charge is -2.14. The minimum absolute atomic E-state index is 0.179. The number of ether oxygens (including phenoxy) is 2. The van der Waals surface area contributed by atoms with Crippen molar-refractivity contribution in [2.45, 2.75) is 23.3 Å². The largest absolute Gasteiger partial charge is 0.493 e. The van der Waals surface area contributed by atoms with Crippen LogP contribution in [0.15, 0.2) is 70.5 Å². The van der Waals surface area contributed by atoms with Crippen LogP contribution in [0, 0.1) is 6.92 Å². The fraction of sp³-hybridized carbons (Fsp3) is 0.136. The molecule has 0 radical (unpaired) electrons. The Labute approximate surface area is 173 Å². The maximum absolute atomic E-state index is 11.6. The van der Waals surface area contributed by atoms with Crippen molar-refractivity contribution in [3.8, 4) is 11.5 Å². The van der Waals surface area contributed by atoms with Crippen LogP contribution >= 0.6 is 23.4 Å². The summed E-state index contributed by atoms with van der Waals surface area (Å²) < 4.78 is 11.3. The molecule has 4 nitrogen and oxygen atoms in total. The number of hydrogen-bond donors (Lipinski definition) is 1. The highest BCUT2D eigenvalue weighted by atomic mass is 35.5. The second-order valence-electron chi connectivity index (χ2n) is 6.09. The smallest absolute Gasteiger partial charge is 0.336 e. The Balaban J connectivity index is 1.84. The summed E-state index contributed by atoms with van der Waals surface area (Å²) in [5.74, 6) is 0.203. The molecule has 1 N–H and O–H groups in total. The standard InChI is InChI=1S/C22H19ClO4S/c1-14-10-16(23)11-18(22(24)25)21(14)28-17-8-9-19(20(12-17)26-2)27-13-15-6-4-3-5-7-15/h3-12H,13H2,1-2H3,(H,24,25). The summed E-state index contributed by atoms with van der Waals surface area (Å²) in [4.78, 5) is 13.1. The molecule has 3 aromatic rings. The number of aryl methyl sites for hydroxylation is 1. The second kappa shape index (κ2) is 9.04. The van der Waals surface area contributed by atoms with Gasteiger partial charge in [-0.1, -0.05) is 53.7 Å². The van der Waals surface area contributed by atoms with E-state index in [1.807, 2.05) is 55.5 Å². The highest BCUT2D eigenvalue weighted by Gasteiger charge is 2.16. The van der Waals surface area contributed by atoms with Crippen molar-refractivity contribution >= 4 is 29.3 Å². The summed E-state index contributed by atoms with van der Waals surface area (Å²) in [7, 11) is 1.58. The highest BCUT2D eigenvalue weighted by molar-refractivity contribution is 7.99. The summed E-state index contributed by atoms with van der Waals surface area (Å²) in [6.07, 6.45) is 0. The summed E-state index contributed by atoms with van der Waals surface area (Å²) >= 11 is 7.37. The second-order valence-corrected chi connectivity index (χ2v) is 7.61. The molecule has 3 rings (SSSR count). The molecule has 0 saturated carbocycles. The monoisotopic (exact) mass is 414 g/mol. The number of carboxylic acids is 1. The Hall–Kier alpha value is -2.63. The van der Waals surface area contributed by atoms with Gasteiger partial charge >= 0.3 is 5.97 Å². The van der Waals surface area contributed by atoms with Gasteiger partial charge in [0.25, 0.3) is 0 Å². The Morgan fingerprint density at radius 3 is 2.50 bits per heavy atom. The first kappa shape index (κ1) is 20.1. The quantitative estimate of drug-likeness (QED) is 0.507. The van der Waals surface area contributed by atoms with Gasteiger partial charge in [-0.05, 0) is 48.4 Å². The van der Waals surface area contributed by atoms with E-state index in [0.717, 1.165) is 16.0 Å². The van der Waals surface area contributed by atoms with Crippen molar-refractivity contribution in [3.63, 3.8) is 0 Å². The van der Waals surface area contributed by atoms with Gasteiger partial charge in [0.15, 0.2) is 11.5 Å². The van der Waals surface area contributed by atoms with E-state index in [4.69, 9.17) is 21.1 Å². The summed E-state index contributed by atoms with van der Waals surface area (Å²) in [5, 5.41) is 9.90. The van der Waals surface area contributed by atoms with Crippen LogP contribution in [-0.2, 0) is 6.61 Å². The van der Waals surface area contributed by atoms with Crippen LogP contribution in [0.4, 0.5) is 0 Å². The molecular formula is C22H19ClO4S. The lowest BCUT2D eigenvalue weighted by atomic mass is 10.1. The van der Waals surface area contributed by atoms with Gasteiger partial charge in [-0.2, -0.15) is 0 Å². The van der Waals surface area contributed by atoms with Gasteiger partial charge in [0.05, 0.1) is 12.7 Å². The predicted octanol–water partition coefficient (Wildman–Crippen LogP) is 6.09. The van der Waals surface area contributed by atoms with Gasteiger partial charge in [0, 0.05) is 14.8 Å². The maximum Gasteiger partial charge on any atom is 0.336 e. The molecule has 6 heteroatoms. The molecule has 3 aromatic carbocycles. The average molecular weight is 415 g/mol. The van der Waals surface area contributed by atoms with E-state index >= 15 is 0 Å². The minimum atomic E-state index is -1.01. The number of carbonyl (C=O) groups is 1. The molecule has 0 spiro atoms. The van der Waals surface area contributed by atoms with E-state index < -0.39 is 5.97 Å². The van der Waals surface area contributed by atoms with E-state index in [1.54, 1.807) is 13.2 Å². The van der Waals surface area contributed by atoms with E-state index in [-0.39, 0.29) is 5.56 Å². The van der Waals surface area contributed by atoms with Crippen LogP contribution < -0.4 is 9.47 Å². The van der Waals surface area contributed by atoms with Gasteiger partial charge in [-0.3, -0.25) is 0 Å². The number of aromatic carboxylic acids is 1. The third-order valence-corrected chi connectivity index (χ3v) is 5.52. The van der Waals surface area contributed by atoms with Gasteiger partial charge < -0.3 is 14.6 Å². The number of methoxy groups -OCH3 is 1. The zero-order chi connectivity index (χ0) is 20.1. The van der Waals surface area contributed by atoms with Crippen LogP contribution in [0.3, 0.4) is 0 Å². The zero-order valence-corrected chi connectivity index (χ0v) is 17.0. The van der Waals surface area contributed by atoms with Gasteiger partial charge in [0.2, 0.25) is 0 Å². The first-order valence-electron chi connectivity index (χ1n) is 8.54. The molecule has 0 fully saturated rings. The number of benzene rings is 3. The SMILES string of the molecule is COc1cc(Sc2c(C)cc(Cl)cc2C(=O)O)ccc1OCc1ccccc1. The molecule has 0 amide bonds. The van der Waals surface area contributed by atoms with E-state index in [1.165, 1.54) is 17.8 Å². The molecule has 0 saturated heterocycles. The summed E-state index contributed by atoms with van der Waals surface area (Å²) in [6.45, 7) is 2.28. The van der Waals surface area contributed by atoms with Gasteiger partial charge in [-0.25, -0.2) is 4.79 Å². The molecule has 0 aliphatic carbocycles. The molecule has 0 aromatic heterocycles. The van der Waals surface area contributed by atoms with Crippen molar-refractivity contribution in [2.24, 2.45) is 0 Å². The lowest BCUT2D eigenvalue weighted by molar-refractivity contribution is 0.0693. The molecule has 0 unspecified atom stereocenters. The molecule has 144 valence electrons. The Morgan fingerprint density at radius 1 is 1.07 bits per heavy atom. The Bertz CT molecular complexity index is 989. The van der Waals surface area contributed by atoms with Crippen molar-refractivity contribution in [3.05, 3.63) is 82.4 Å². The molecule has 0 aliphatic rings. The van der Waals surface area contributed by atoms with Crippen molar-refractivity contribution in [1.82, 2.24) is 0 Å². The third kappa shape index (κ3) is 4.80. The van der Waals surface area contributed by atoms with E-state index in [2.05, 4.69) is 0 Å². The summed E-state index contributed by atoms with van der Waals surface area (Å²) in [6, 6.07) is 18.6. The van der Waals surface area contributed by atoms with Crippen molar-refractivity contribution in [2.75, 3.05) is 7.11 Å². The normalized spacial score (nSPS) is 10.5. The van der Waals surface area contributed by atoms with Crippen LogP contribution in [0.1, 0.15) is 21.5 Å². The van der Waals surface area contributed by atoms with Crippen LogP contribution in [0.2, 0.25) is 5.02 Å². The van der Waals surface area contributed by atoms with Crippen LogP contribution in [0.25, 0.3) is 0 Å².